The Morgan fingerprint density at radius 2 is 2.10 bits per heavy atom. The fourth-order valence-electron chi connectivity index (χ4n) is 1.75. The lowest BCUT2D eigenvalue weighted by Crippen LogP contribution is -2.32. The van der Waals surface area contributed by atoms with E-state index in [0.29, 0.717) is 22.8 Å². The Kier molecular flexibility index (Phi) is 6.29. The third kappa shape index (κ3) is 7.19. The Hall–Kier alpha value is -1.47. The Morgan fingerprint density at radius 1 is 1.43 bits per heavy atom. The number of hydrogen-bond acceptors (Lipinski definition) is 3. The highest BCUT2D eigenvalue weighted by Gasteiger charge is 2.28. The first-order valence-electron chi connectivity index (χ1n) is 6.27. The van der Waals surface area contributed by atoms with Crippen molar-refractivity contribution in [3.63, 3.8) is 0 Å². The van der Waals surface area contributed by atoms with E-state index in [1.165, 1.54) is 13.1 Å². The zero-order valence-electron chi connectivity index (χ0n) is 11.5. The van der Waals surface area contributed by atoms with E-state index in [9.17, 15) is 18.0 Å². The number of carbonyl (C=O) groups excluding carboxylic acids is 1. The van der Waals surface area contributed by atoms with Crippen molar-refractivity contribution in [3.05, 3.63) is 23.2 Å². The van der Waals surface area contributed by atoms with Gasteiger partial charge in [0.2, 0.25) is 5.91 Å². The molecule has 0 fully saturated rings. The third-order valence-electron chi connectivity index (χ3n) is 2.68. The van der Waals surface area contributed by atoms with Gasteiger partial charge in [0, 0.05) is 11.4 Å². The van der Waals surface area contributed by atoms with Gasteiger partial charge in [-0.2, -0.15) is 13.2 Å². The molecule has 3 N–H and O–H groups in total. The maximum absolute atomic E-state index is 12.1. The summed E-state index contributed by atoms with van der Waals surface area (Å²) in [5.41, 5.74) is 6.46. The molecule has 0 aromatic heterocycles. The van der Waals surface area contributed by atoms with Crippen LogP contribution in [0.1, 0.15) is 12.8 Å². The summed E-state index contributed by atoms with van der Waals surface area (Å²) in [5.74, 6) is -0.301. The molecule has 0 aliphatic heterocycles. The Balaban J connectivity index is 2.34. The van der Waals surface area contributed by atoms with Crippen molar-refractivity contribution in [2.45, 2.75) is 19.0 Å². The van der Waals surface area contributed by atoms with Crippen molar-refractivity contribution in [3.8, 4) is 0 Å². The highest BCUT2D eigenvalue weighted by Crippen LogP contribution is 2.22. The van der Waals surface area contributed by atoms with Gasteiger partial charge in [0.1, 0.15) is 0 Å². The summed E-state index contributed by atoms with van der Waals surface area (Å²) >= 11 is 5.73. The van der Waals surface area contributed by atoms with Gasteiger partial charge in [0.25, 0.3) is 0 Å². The second kappa shape index (κ2) is 7.51. The monoisotopic (exact) mass is 323 g/mol. The number of nitrogens with zero attached hydrogens (tertiary/aromatic N) is 1. The van der Waals surface area contributed by atoms with Crippen molar-refractivity contribution in [2.24, 2.45) is 0 Å². The zero-order chi connectivity index (χ0) is 16.0. The number of nitrogens with one attached hydrogen (secondary N) is 1. The SMILES string of the molecule is CN(CCCC(=O)Nc1ccc(Cl)cc1N)CC(F)(F)F. The van der Waals surface area contributed by atoms with Gasteiger partial charge >= 0.3 is 6.18 Å². The summed E-state index contributed by atoms with van der Waals surface area (Å²) in [6.07, 6.45) is -3.79. The van der Waals surface area contributed by atoms with Gasteiger partial charge in [0.15, 0.2) is 0 Å². The van der Waals surface area contributed by atoms with E-state index in [1.807, 2.05) is 0 Å². The van der Waals surface area contributed by atoms with E-state index < -0.39 is 12.7 Å². The van der Waals surface area contributed by atoms with E-state index in [2.05, 4.69) is 5.32 Å². The molecule has 0 aliphatic rings. The summed E-state index contributed by atoms with van der Waals surface area (Å²) in [5, 5.41) is 3.05. The smallest absolute Gasteiger partial charge is 0.397 e. The third-order valence-corrected chi connectivity index (χ3v) is 2.92. The van der Waals surface area contributed by atoms with Crippen LogP contribution in [0.4, 0.5) is 24.5 Å². The first-order chi connectivity index (χ1) is 9.67. The average Bonchev–Trinajstić information content (AvgIpc) is 2.30. The van der Waals surface area contributed by atoms with Crippen molar-refractivity contribution < 1.29 is 18.0 Å². The highest BCUT2D eigenvalue weighted by molar-refractivity contribution is 6.31. The van der Waals surface area contributed by atoms with Crippen LogP contribution in [0, 0.1) is 0 Å². The zero-order valence-corrected chi connectivity index (χ0v) is 12.3. The van der Waals surface area contributed by atoms with Gasteiger partial charge in [-0.05, 0) is 38.2 Å². The molecule has 0 spiro atoms. The van der Waals surface area contributed by atoms with Gasteiger partial charge in [-0.25, -0.2) is 0 Å². The molecule has 21 heavy (non-hydrogen) atoms. The van der Waals surface area contributed by atoms with Gasteiger partial charge < -0.3 is 11.1 Å². The van der Waals surface area contributed by atoms with Crippen molar-refractivity contribution in [1.29, 1.82) is 0 Å². The van der Waals surface area contributed by atoms with Gasteiger partial charge in [-0.15, -0.1) is 0 Å². The predicted octanol–water partition coefficient (Wildman–Crippen LogP) is 3.14. The number of benzene rings is 1. The molecule has 0 aliphatic carbocycles. The van der Waals surface area contributed by atoms with Crippen LogP contribution in [-0.4, -0.2) is 37.1 Å². The van der Waals surface area contributed by atoms with E-state index in [4.69, 9.17) is 17.3 Å². The number of amides is 1. The fourth-order valence-corrected chi connectivity index (χ4v) is 1.94. The van der Waals surface area contributed by atoms with Crippen LogP contribution in [0.3, 0.4) is 0 Å². The van der Waals surface area contributed by atoms with Gasteiger partial charge in [-0.1, -0.05) is 11.6 Å². The normalized spacial score (nSPS) is 11.7. The molecular weight excluding hydrogens is 307 g/mol. The van der Waals surface area contributed by atoms with E-state index in [1.54, 1.807) is 12.1 Å². The molecule has 1 aromatic carbocycles. The summed E-state index contributed by atoms with van der Waals surface area (Å²) in [6, 6.07) is 4.67. The van der Waals surface area contributed by atoms with Crippen LogP contribution < -0.4 is 11.1 Å². The number of nitrogens with two attached hydrogens (primary N) is 1. The lowest BCUT2D eigenvalue weighted by molar-refractivity contribution is -0.143. The minimum atomic E-state index is -4.23. The molecule has 1 aromatic rings. The molecule has 0 radical (unpaired) electrons. The molecule has 1 rings (SSSR count). The second-order valence-electron chi connectivity index (χ2n) is 4.74. The average molecular weight is 324 g/mol. The minimum absolute atomic E-state index is 0.115. The topological polar surface area (TPSA) is 58.4 Å². The van der Waals surface area contributed by atoms with E-state index in [0.717, 1.165) is 4.90 Å². The summed E-state index contributed by atoms with van der Waals surface area (Å²) in [7, 11) is 1.36. The number of anilines is 2. The molecule has 0 heterocycles. The summed E-state index contributed by atoms with van der Waals surface area (Å²) in [6.45, 7) is -0.804. The molecular formula is C13H17ClF3N3O. The molecule has 118 valence electrons. The second-order valence-corrected chi connectivity index (χ2v) is 5.17. The van der Waals surface area contributed by atoms with Crippen LogP contribution in [0.2, 0.25) is 5.02 Å². The number of alkyl halides is 3. The first-order valence-corrected chi connectivity index (χ1v) is 6.65. The summed E-state index contributed by atoms with van der Waals surface area (Å²) < 4.78 is 36.3. The van der Waals surface area contributed by atoms with Crippen molar-refractivity contribution in [1.82, 2.24) is 4.90 Å². The molecule has 0 unspecified atom stereocenters. The largest absolute Gasteiger partial charge is 0.401 e. The number of nitrogen functional groups attached to an aromatic ring is 1. The molecule has 0 saturated carbocycles. The molecule has 8 heteroatoms. The van der Waals surface area contributed by atoms with Crippen LogP contribution in [0.5, 0.6) is 0 Å². The highest BCUT2D eigenvalue weighted by atomic mass is 35.5. The molecule has 1 amide bonds. The Morgan fingerprint density at radius 3 is 2.67 bits per heavy atom. The number of carbonyl (C=O) groups is 1. The standard InChI is InChI=1S/C13H17ClF3N3O/c1-20(8-13(15,16)17)6-2-3-12(21)19-11-5-4-9(14)7-10(11)18/h4-5,7H,2-3,6,8,18H2,1H3,(H,19,21). The van der Waals surface area contributed by atoms with E-state index >= 15 is 0 Å². The first kappa shape index (κ1) is 17.6. The quantitative estimate of drug-likeness (QED) is 0.791. The van der Waals surface area contributed by atoms with Crippen LogP contribution in [-0.2, 0) is 4.79 Å². The van der Waals surface area contributed by atoms with Crippen LogP contribution in [0.15, 0.2) is 18.2 Å². The van der Waals surface area contributed by atoms with Crippen LogP contribution in [0.25, 0.3) is 0 Å². The Bertz CT molecular complexity index is 494. The summed E-state index contributed by atoms with van der Waals surface area (Å²) in [4.78, 5) is 12.8. The van der Waals surface area contributed by atoms with Crippen LogP contribution >= 0.6 is 11.6 Å². The molecule has 0 bridgehead atoms. The maximum atomic E-state index is 12.1. The molecule has 4 nitrogen and oxygen atoms in total. The molecule has 0 atom stereocenters. The van der Waals surface area contributed by atoms with Crippen molar-refractivity contribution >= 4 is 28.9 Å². The lowest BCUT2D eigenvalue weighted by Gasteiger charge is -2.18. The Labute approximate surface area is 126 Å². The number of hydrogen-bond donors (Lipinski definition) is 2. The fraction of sp³-hybridized carbons (Fsp3) is 0.462. The van der Waals surface area contributed by atoms with Gasteiger partial charge in [0.05, 0.1) is 17.9 Å². The molecule has 0 saturated heterocycles. The number of halogens is 4. The van der Waals surface area contributed by atoms with Gasteiger partial charge in [-0.3, -0.25) is 9.69 Å². The van der Waals surface area contributed by atoms with Crippen molar-refractivity contribution in [2.75, 3.05) is 31.2 Å². The predicted molar refractivity (Wildman–Crippen MR) is 77.3 cm³/mol. The maximum Gasteiger partial charge on any atom is 0.401 e. The van der Waals surface area contributed by atoms with E-state index in [-0.39, 0.29) is 18.9 Å². The lowest BCUT2D eigenvalue weighted by atomic mass is 10.2. The minimum Gasteiger partial charge on any atom is -0.397 e. The number of rotatable bonds is 6.